The molecule has 1 saturated heterocycles. The minimum atomic E-state index is -0.000627. The standard InChI is InChI=1S/C14H20N2O3/c1-14(2)8-15-10(7-17)6-16(14)11-3-4-12-13(5-11)19-9-18-12/h3-5,10,15,17H,6-9H2,1-2H3. The van der Waals surface area contributed by atoms with Gasteiger partial charge in [-0.05, 0) is 26.0 Å². The number of benzene rings is 1. The lowest BCUT2D eigenvalue weighted by Crippen LogP contribution is -2.63. The van der Waals surface area contributed by atoms with E-state index in [1.54, 1.807) is 0 Å². The molecule has 1 aromatic carbocycles. The number of nitrogens with zero attached hydrogens (tertiary/aromatic N) is 1. The lowest BCUT2D eigenvalue weighted by Gasteiger charge is -2.47. The van der Waals surface area contributed by atoms with Crippen LogP contribution in [0.15, 0.2) is 18.2 Å². The maximum Gasteiger partial charge on any atom is 0.231 e. The van der Waals surface area contributed by atoms with Crippen LogP contribution >= 0.6 is 0 Å². The van der Waals surface area contributed by atoms with Gasteiger partial charge in [0.1, 0.15) is 0 Å². The van der Waals surface area contributed by atoms with Gasteiger partial charge < -0.3 is 24.8 Å². The minimum absolute atomic E-state index is 0.000627. The van der Waals surface area contributed by atoms with Crippen LogP contribution in [0.3, 0.4) is 0 Å². The van der Waals surface area contributed by atoms with E-state index in [0.717, 1.165) is 30.3 Å². The maximum atomic E-state index is 9.35. The van der Waals surface area contributed by atoms with Gasteiger partial charge in [0.2, 0.25) is 6.79 Å². The second-order valence-corrected chi connectivity index (χ2v) is 5.72. The van der Waals surface area contributed by atoms with Crippen molar-refractivity contribution in [3.63, 3.8) is 0 Å². The molecule has 0 bridgehead atoms. The first kappa shape index (κ1) is 12.6. The fourth-order valence-corrected chi connectivity index (χ4v) is 2.65. The van der Waals surface area contributed by atoms with Crippen molar-refractivity contribution < 1.29 is 14.6 Å². The van der Waals surface area contributed by atoms with E-state index in [-0.39, 0.29) is 18.2 Å². The third kappa shape index (κ3) is 2.24. The van der Waals surface area contributed by atoms with Crippen molar-refractivity contribution in [1.82, 2.24) is 5.32 Å². The van der Waals surface area contributed by atoms with Crippen LogP contribution in [0, 0.1) is 0 Å². The highest BCUT2D eigenvalue weighted by Gasteiger charge is 2.34. The number of ether oxygens (including phenoxy) is 2. The number of rotatable bonds is 2. The zero-order valence-electron chi connectivity index (χ0n) is 11.3. The lowest BCUT2D eigenvalue weighted by molar-refractivity contribution is 0.174. The summed E-state index contributed by atoms with van der Waals surface area (Å²) < 4.78 is 10.8. The molecular weight excluding hydrogens is 244 g/mol. The summed E-state index contributed by atoms with van der Waals surface area (Å²) in [6.45, 7) is 6.45. The van der Waals surface area contributed by atoms with Crippen molar-refractivity contribution in [2.75, 3.05) is 31.4 Å². The highest BCUT2D eigenvalue weighted by Crippen LogP contribution is 2.37. The first-order chi connectivity index (χ1) is 9.10. The Morgan fingerprint density at radius 1 is 1.37 bits per heavy atom. The number of hydrogen-bond acceptors (Lipinski definition) is 5. The van der Waals surface area contributed by atoms with Gasteiger partial charge in [-0.25, -0.2) is 0 Å². The molecule has 2 heterocycles. The Hall–Kier alpha value is -1.46. The number of aliphatic hydroxyl groups is 1. The van der Waals surface area contributed by atoms with Crippen LogP contribution in [0.1, 0.15) is 13.8 Å². The Labute approximate surface area is 113 Å². The zero-order valence-corrected chi connectivity index (χ0v) is 11.3. The molecular formula is C14H20N2O3. The van der Waals surface area contributed by atoms with Crippen LogP contribution in [-0.4, -0.2) is 43.2 Å². The predicted octanol–water partition coefficient (Wildman–Crippen LogP) is 0.964. The number of piperazine rings is 1. The average molecular weight is 264 g/mol. The van der Waals surface area contributed by atoms with Gasteiger partial charge in [-0.1, -0.05) is 0 Å². The molecule has 0 saturated carbocycles. The van der Waals surface area contributed by atoms with Crippen molar-refractivity contribution in [2.45, 2.75) is 25.4 Å². The van der Waals surface area contributed by atoms with Crippen LogP contribution in [-0.2, 0) is 0 Å². The number of fused-ring (bicyclic) bond motifs is 1. The van der Waals surface area contributed by atoms with E-state index in [1.165, 1.54) is 0 Å². The van der Waals surface area contributed by atoms with Crippen LogP contribution in [0.25, 0.3) is 0 Å². The number of aliphatic hydroxyl groups excluding tert-OH is 1. The molecule has 5 heteroatoms. The lowest BCUT2D eigenvalue weighted by atomic mass is 9.96. The summed E-state index contributed by atoms with van der Waals surface area (Å²) in [5.74, 6) is 1.60. The third-order valence-corrected chi connectivity index (χ3v) is 3.85. The molecule has 0 amide bonds. The number of anilines is 1. The normalized spacial score (nSPS) is 24.6. The largest absolute Gasteiger partial charge is 0.454 e. The van der Waals surface area contributed by atoms with Gasteiger partial charge in [-0.2, -0.15) is 0 Å². The van der Waals surface area contributed by atoms with Gasteiger partial charge in [0.25, 0.3) is 0 Å². The van der Waals surface area contributed by atoms with Gasteiger partial charge in [-0.3, -0.25) is 0 Å². The SMILES string of the molecule is CC1(C)CNC(CO)CN1c1ccc2c(c1)OCO2. The van der Waals surface area contributed by atoms with Crippen LogP contribution in [0.4, 0.5) is 5.69 Å². The van der Waals surface area contributed by atoms with Crippen molar-refractivity contribution >= 4 is 5.69 Å². The topological polar surface area (TPSA) is 54.0 Å². The summed E-state index contributed by atoms with van der Waals surface area (Å²) in [4.78, 5) is 2.31. The first-order valence-corrected chi connectivity index (χ1v) is 6.62. The smallest absolute Gasteiger partial charge is 0.231 e. The average Bonchev–Trinajstić information content (AvgIpc) is 2.85. The molecule has 2 N–H and O–H groups in total. The van der Waals surface area contributed by atoms with Crippen molar-refractivity contribution in [2.24, 2.45) is 0 Å². The Balaban J connectivity index is 1.90. The highest BCUT2D eigenvalue weighted by molar-refractivity contribution is 5.59. The fourth-order valence-electron chi connectivity index (χ4n) is 2.65. The molecule has 3 rings (SSSR count). The second-order valence-electron chi connectivity index (χ2n) is 5.72. The van der Waals surface area contributed by atoms with Crippen molar-refractivity contribution in [3.8, 4) is 11.5 Å². The molecule has 2 aliphatic rings. The second kappa shape index (κ2) is 4.58. The van der Waals surface area contributed by atoms with E-state index in [0.29, 0.717) is 6.79 Å². The molecule has 2 aliphatic heterocycles. The van der Waals surface area contributed by atoms with Gasteiger partial charge >= 0.3 is 0 Å². The summed E-state index contributed by atoms with van der Waals surface area (Å²) in [6, 6.07) is 6.13. The van der Waals surface area contributed by atoms with Crippen molar-refractivity contribution in [1.29, 1.82) is 0 Å². The van der Waals surface area contributed by atoms with E-state index < -0.39 is 0 Å². The maximum absolute atomic E-state index is 9.35. The molecule has 104 valence electrons. The number of nitrogens with one attached hydrogen (secondary N) is 1. The van der Waals surface area contributed by atoms with E-state index >= 15 is 0 Å². The molecule has 1 aromatic rings. The van der Waals surface area contributed by atoms with Crippen LogP contribution in [0.5, 0.6) is 11.5 Å². The monoisotopic (exact) mass is 264 g/mol. The summed E-state index contributed by atoms with van der Waals surface area (Å²) in [6.07, 6.45) is 0. The third-order valence-electron chi connectivity index (χ3n) is 3.85. The van der Waals surface area contributed by atoms with E-state index in [9.17, 15) is 5.11 Å². The molecule has 0 aliphatic carbocycles. The summed E-state index contributed by atoms with van der Waals surface area (Å²) >= 11 is 0. The molecule has 5 nitrogen and oxygen atoms in total. The Morgan fingerprint density at radius 2 is 2.16 bits per heavy atom. The molecule has 19 heavy (non-hydrogen) atoms. The summed E-state index contributed by atoms with van der Waals surface area (Å²) in [5, 5.41) is 12.7. The van der Waals surface area contributed by atoms with E-state index in [2.05, 4.69) is 30.1 Å². The first-order valence-electron chi connectivity index (χ1n) is 6.62. The van der Waals surface area contributed by atoms with Gasteiger partial charge in [0.15, 0.2) is 11.5 Å². The van der Waals surface area contributed by atoms with Crippen molar-refractivity contribution in [3.05, 3.63) is 18.2 Å². The Morgan fingerprint density at radius 3 is 2.95 bits per heavy atom. The molecule has 0 spiro atoms. The summed E-state index contributed by atoms with van der Waals surface area (Å²) in [5.41, 5.74) is 1.11. The number of hydrogen-bond donors (Lipinski definition) is 2. The summed E-state index contributed by atoms with van der Waals surface area (Å²) in [7, 11) is 0. The molecule has 0 aromatic heterocycles. The Bertz CT molecular complexity index is 476. The quantitative estimate of drug-likeness (QED) is 0.833. The van der Waals surface area contributed by atoms with E-state index in [1.807, 2.05) is 12.1 Å². The molecule has 1 fully saturated rings. The van der Waals surface area contributed by atoms with Gasteiger partial charge in [0, 0.05) is 36.4 Å². The Kier molecular flexibility index (Phi) is 3.03. The highest BCUT2D eigenvalue weighted by atomic mass is 16.7. The van der Waals surface area contributed by atoms with Gasteiger partial charge in [-0.15, -0.1) is 0 Å². The van der Waals surface area contributed by atoms with E-state index in [4.69, 9.17) is 9.47 Å². The van der Waals surface area contributed by atoms with Crippen LogP contribution in [0.2, 0.25) is 0 Å². The van der Waals surface area contributed by atoms with Gasteiger partial charge in [0.05, 0.1) is 6.61 Å². The molecule has 1 unspecified atom stereocenters. The molecule has 1 atom stereocenters. The molecule has 0 radical (unpaired) electrons. The fraction of sp³-hybridized carbons (Fsp3) is 0.571. The minimum Gasteiger partial charge on any atom is -0.454 e. The van der Waals surface area contributed by atoms with Crippen LogP contribution < -0.4 is 19.7 Å². The predicted molar refractivity (Wildman–Crippen MR) is 72.9 cm³/mol. The zero-order chi connectivity index (χ0) is 13.5.